The molecule has 20 atom stereocenters. The summed E-state index contributed by atoms with van der Waals surface area (Å²) in [6.07, 6.45) is 14.3. The normalized spacial score (nSPS) is 27.5. The fraction of sp³-hybridized carbons (Fsp3) is 0.962. The summed E-state index contributed by atoms with van der Waals surface area (Å²) in [4.78, 5) is 51.3. The van der Waals surface area contributed by atoms with Gasteiger partial charge in [-0.25, -0.2) is 4.57 Å². The first-order valence-corrected chi connectivity index (χ1v) is 42.6. The number of esters is 3. The molecule has 0 aromatic carbocycles. The molecule has 0 radical (unpaired) electrons. The van der Waals surface area contributed by atoms with Crippen LogP contribution in [-0.2, 0) is 61.2 Å². The van der Waals surface area contributed by atoms with E-state index in [0.29, 0.717) is 31.1 Å². The zero-order valence-corrected chi connectivity index (χ0v) is 65.1. The van der Waals surface area contributed by atoms with E-state index in [1.807, 2.05) is 0 Å². The Morgan fingerprint density at radius 2 is 0.680 bits per heavy atom. The largest absolute Gasteiger partial charge is 0.472 e. The number of phosphoric acid groups is 1. The molecule has 1 aliphatic carbocycles. The van der Waals surface area contributed by atoms with E-state index in [1.54, 1.807) is 0 Å². The summed E-state index contributed by atoms with van der Waals surface area (Å²) in [5.41, 5.74) is 0. The summed E-state index contributed by atoms with van der Waals surface area (Å²) >= 11 is 0. The van der Waals surface area contributed by atoms with Crippen molar-refractivity contribution in [3.63, 3.8) is 0 Å². The molecule has 25 heteroatoms. The highest BCUT2D eigenvalue weighted by Gasteiger charge is 2.58. The van der Waals surface area contributed by atoms with Crippen molar-refractivity contribution in [3.05, 3.63) is 0 Å². The van der Waals surface area contributed by atoms with Crippen molar-refractivity contribution in [1.29, 1.82) is 0 Å². The predicted molar refractivity (Wildman–Crippen MR) is 393 cm³/mol. The molecule has 2 heterocycles. The quantitative estimate of drug-likeness (QED) is 0.0117. The Morgan fingerprint density at radius 1 is 0.369 bits per heavy atom. The summed E-state index contributed by atoms with van der Waals surface area (Å²) in [5, 5.41) is 110. The molecule has 2 saturated heterocycles. The van der Waals surface area contributed by atoms with Crippen molar-refractivity contribution in [2.24, 2.45) is 11.8 Å². The van der Waals surface area contributed by atoms with Crippen LogP contribution in [0.3, 0.4) is 0 Å². The molecule has 103 heavy (non-hydrogen) atoms. The van der Waals surface area contributed by atoms with E-state index in [1.165, 1.54) is 173 Å². The number of hydrogen-bond donors (Lipinski definition) is 11. The molecule has 24 nitrogen and oxygen atoms in total. The third-order valence-corrected chi connectivity index (χ3v) is 21.9. The number of carbonyl (C=O) groups is 3. The molecule has 0 aromatic heterocycles. The molecular weight excluding hydrogens is 1350 g/mol. The Labute approximate surface area is 619 Å². The molecule has 2 aliphatic heterocycles. The maximum atomic E-state index is 14.4. The van der Waals surface area contributed by atoms with Crippen LogP contribution in [0.1, 0.15) is 336 Å². The molecule has 3 fully saturated rings. The van der Waals surface area contributed by atoms with Gasteiger partial charge in [-0.2, -0.15) is 0 Å². The molecule has 608 valence electrons. The fourth-order valence-electron chi connectivity index (χ4n) is 14.1. The summed E-state index contributed by atoms with van der Waals surface area (Å²) in [7, 11) is -5.70. The molecule has 1 saturated carbocycles. The van der Waals surface area contributed by atoms with Crippen LogP contribution >= 0.6 is 7.82 Å². The van der Waals surface area contributed by atoms with Crippen molar-refractivity contribution in [3.8, 4) is 0 Å². The van der Waals surface area contributed by atoms with Gasteiger partial charge in [-0.05, 0) is 31.1 Å². The van der Waals surface area contributed by atoms with Gasteiger partial charge in [-0.1, -0.05) is 298 Å². The summed E-state index contributed by atoms with van der Waals surface area (Å²) in [6, 6.07) is 0. The second kappa shape index (κ2) is 58.0. The lowest BCUT2D eigenvalue weighted by Crippen LogP contribution is -2.69. The summed E-state index contributed by atoms with van der Waals surface area (Å²) in [5.74, 6) is -0.596. The molecule has 0 spiro atoms. The van der Waals surface area contributed by atoms with Crippen molar-refractivity contribution in [2.45, 2.75) is 441 Å². The zero-order chi connectivity index (χ0) is 75.6. The lowest BCUT2D eigenvalue weighted by molar-refractivity contribution is -0.360. The number of aliphatic hydroxyl groups excluding tert-OH is 10. The van der Waals surface area contributed by atoms with Crippen LogP contribution < -0.4 is 0 Å². The van der Waals surface area contributed by atoms with Crippen LogP contribution in [0.25, 0.3) is 0 Å². The maximum absolute atomic E-state index is 14.4. The van der Waals surface area contributed by atoms with Gasteiger partial charge in [0, 0.05) is 19.3 Å². The number of hydrogen-bond acceptors (Lipinski definition) is 23. The minimum atomic E-state index is -5.70. The van der Waals surface area contributed by atoms with Gasteiger partial charge >= 0.3 is 25.7 Å². The molecule has 0 amide bonds. The van der Waals surface area contributed by atoms with Crippen LogP contribution in [0, 0.1) is 11.8 Å². The highest BCUT2D eigenvalue weighted by atomic mass is 31.2. The van der Waals surface area contributed by atoms with Gasteiger partial charge in [0.25, 0.3) is 0 Å². The van der Waals surface area contributed by atoms with Gasteiger partial charge in [0.05, 0.1) is 13.2 Å². The average Bonchev–Trinajstić information content (AvgIpc) is 0.761. The average molecular weight is 1500 g/mol. The van der Waals surface area contributed by atoms with Gasteiger partial charge in [-0.15, -0.1) is 0 Å². The van der Waals surface area contributed by atoms with Crippen LogP contribution in [0.4, 0.5) is 0 Å². The molecule has 20 unspecified atom stereocenters. The van der Waals surface area contributed by atoms with E-state index in [0.717, 1.165) is 89.9 Å². The van der Waals surface area contributed by atoms with Gasteiger partial charge in [0.2, 0.25) is 0 Å². The molecule has 0 bridgehead atoms. The maximum Gasteiger partial charge on any atom is 0.472 e. The van der Waals surface area contributed by atoms with Gasteiger partial charge in [0.15, 0.2) is 18.7 Å². The van der Waals surface area contributed by atoms with Crippen LogP contribution in [-0.4, -0.2) is 204 Å². The standard InChI is InChI=1S/C78H147O24P/c1-6-9-12-15-18-19-20-21-22-23-24-25-26-27-36-43-50-62(80)94-54-59(97-64(82)52-45-38-31-29-35-42-49-58(5)47-40-33-17-14-11-8-3)55-96-103(92,93)102-76-74(100-77-72(90)67(85)65(83)60(53-79)98-77)70(88)69(87)71(89)75(76)101-78-73(91)68(86)66(84)61(99-78)56-95-63(81)51-44-37-30-28-34-41-48-57(4)46-39-32-16-13-10-7-2/h57-61,65-79,83-91H,6-56H2,1-5H3,(H,92,93). The Bertz CT molecular complexity index is 2150. The van der Waals surface area contributed by atoms with Gasteiger partial charge in [-0.3, -0.25) is 23.4 Å². The third kappa shape index (κ3) is 41.0. The lowest BCUT2D eigenvalue weighted by Gasteiger charge is -2.49. The summed E-state index contributed by atoms with van der Waals surface area (Å²) < 4.78 is 65.3. The zero-order valence-electron chi connectivity index (χ0n) is 64.2. The monoisotopic (exact) mass is 1500 g/mol. The van der Waals surface area contributed by atoms with Crippen LogP contribution in [0.2, 0.25) is 0 Å². The van der Waals surface area contributed by atoms with E-state index >= 15 is 0 Å². The number of ether oxygens (including phenoxy) is 7. The first kappa shape index (κ1) is 95.2. The molecule has 0 aromatic rings. The van der Waals surface area contributed by atoms with Crippen LogP contribution in [0.5, 0.6) is 0 Å². The Balaban J connectivity index is 1.72. The first-order valence-electron chi connectivity index (χ1n) is 41.1. The number of carbonyl (C=O) groups excluding carboxylic acids is 3. The van der Waals surface area contributed by atoms with Crippen molar-refractivity contribution in [1.82, 2.24) is 0 Å². The van der Waals surface area contributed by atoms with Crippen molar-refractivity contribution in [2.75, 3.05) is 26.4 Å². The number of rotatable bonds is 64. The topological polar surface area (TPSA) is 374 Å². The SMILES string of the molecule is CCCCCCCCCCCCCCCCCCC(=O)OCC(COP(=O)(O)OC1C(OC2OC(CO)C(O)C(O)C2O)C(O)C(O)C(O)C1OC1OC(COC(=O)CCCCCCCCC(C)CCCCCCCC)C(O)C(O)C1O)OC(=O)CCCCCCCCC(C)CCCCCCCC. The summed E-state index contributed by atoms with van der Waals surface area (Å²) in [6.45, 7) is 8.14. The Kier molecular flexibility index (Phi) is 53.5. The second-order valence-electron chi connectivity index (χ2n) is 30.4. The van der Waals surface area contributed by atoms with Gasteiger partial charge < -0.3 is 89.1 Å². The molecule has 3 aliphatic rings. The van der Waals surface area contributed by atoms with E-state index < -0.39 is 156 Å². The molecule has 3 rings (SSSR count). The van der Waals surface area contributed by atoms with Crippen molar-refractivity contribution >= 4 is 25.7 Å². The Morgan fingerprint density at radius 3 is 1.05 bits per heavy atom. The van der Waals surface area contributed by atoms with Gasteiger partial charge in [0.1, 0.15) is 98.7 Å². The van der Waals surface area contributed by atoms with E-state index in [4.69, 9.17) is 42.2 Å². The Hall–Kier alpha value is -2.04. The lowest BCUT2D eigenvalue weighted by atomic mass is 9.84. The van der Waals surface area contributed by atoms with E-state index in [-0.39, 0.29) is 19.3 Å². The van der Waals surface area contributed by atoms with Crippen molar-refractivity contribution < 1.29 is 117 Å². The van der Waals surface area contributed by atoms with E-state index in [2.05, 4.69) is 34.6 Å². The molecule has 11 N–H and O–H groups in total. The number of unbranched alkanes of at least 4 members (excludes halogenated alkanes) is 35. The van der Waals surface area contributed by atoms with E-state index in [9.17, 15) is 74.9 Å². The number of phosphoric ester groups is 1. The number of aliphatic hydroxyl groups is 10. The third-order valence-electron chi connectivity index (χ3n) is 20.9. The fourth-order valence-corrected chi connectivity index (χ4v) is 15.0. The minimum Gasteiger partial charge on any atom is -0.463 e. The minimum absolute atomic E-state index is 0.0306. The predicted octanol–water partition coefficient (Wildman–Crippen LogP) is 12.6. The van der Waals surface area contributed by atoms with Crippen LogP contribution in [0.15, 0.2) is 0 Å². The highest BCUT2D eigenvalue weighted by molar-refractivity contribution is 7.47. The second-order valence-corrected chi connectivity index (χ2v) is 31.8. The highest BCUT2D eigenvalue weighted by Crippen LogP contribution is 2.49. The molecular formula is C78H147O24P. The first-order chi connectivity index (χ1) is 49.6. The smallest absolute Gasteiger partial charge is 0.463 e.